The third-order valence-electron chi connectivity index (χ3n) is 2.46. The van der Waals surface area contributed by atoms with Crippen LogP contribution in [0.3, 0.4) is 0 Å². The summed E-state index contributed by atoms with van der Waals surface area (Å²) in [6.45, 7) is 1.18. The number of nitrogens with zero attached hydrogens (tertiary/aromatic N) is 1. The quantitative estimate of drug-likeness (QED) is 0.623. The van der Waals surface area contributed by atoms with Crippen LogP contribution in [-0.4, -0.2) is 38.1 Å². The van der Waals surface area contributed by atoms with Crippen molar-refractivity contribution in [2.45, 2.75) is 24.8 Å². The SMILES string of the molecule is CNC1(CN(C)C)CCC1. The average Bonchev–Trinajstić information content (AvgIpc) is 1.78. The van der Waals surface area contributed by atoms with E-state index in [0.717, 1.165) is 0 Å². The van der Waals surface area contributed by atoms with Gasteiger partial charge < -0.3 is 10.2 Å². The van der Waals surface area contributed by atoms with Gasteiger partial charge in [0.2, 0.25) is 0 Å². The molecule has 1 saturated carbocycles. The molecule has 0 heterocycles. The Hall–Kier alpha value is -0.0800. The van der Waals surface area contributed by atoms with Crippen molar-refractivity contribution in [1.82, 2.24) is 10.2 Å². The molecule has 2 nitrogen and oxygen atoms in total. The molecule has 0 spiro atoms. The van der Waals surface area contributed by atoms with E-state index in [9.17, 15) is 0 Å². The van der Waals surface area contributed by atoms with E-state index in [4.69, 9.17) is 0 Å². The Morgan fingerprint density at radius 2 is 2.00 bits per heavy atom. The van der Waals surface area contributed by atoms with E-state index in [1.165, 1.54) is 25.8 Å². The van der Waals surface area contributed by atoms with Gasteiger partial charge in [-0.15, -0.1) is 0 Å². The standard InChI is InChI=1S/C8H18N2/c1-9-8(5-4-6-8)7-10(2)3/h9H,4-7H2,1-3H3. The maximum absolute atomic E-state index is 3.40. The summed E-state index contributed by atoms with van der Waals surface area (Å²) in [6, 6.07) is 0. The summed E-state index contributed by atoms with van der Waals surface area (Å²) in [6.07, 6.45) is 4.10. The van der Waals surface area contributed by atoms with Crippen molar-refractivity contribution in [1.29, 1.82) is 0 Å². The lowest BCUT2D eigenvalue weighted by Crippen LogP contribution is -2.55. The first-order valence-corrected chi connectivity index (χ1v) is 4.02. The largest absolute Gasteiger partial charge is 0.313 e. The predicted octanol–water partition coefficient (Wildman–Crippen LogP) is 0.690. The number of hydrogen-bond acceptors (Lipinski definition) is 2. The minimum Gasteiger partial charge on any atom is -0.313 e. The molecule has 0 radical (unpaired) electrons. The monoisotopic (exact) mass is 142 g/mol. The van der Waals surface area contributed by atoms with Gasteiger partial charge in [0.15, 0.2) is 0 Å². The minimum absolute atomic E-state index is 0.462. The molecule has 0 unspecified atom stereocenters. The van der Waals surface area contributed by atoms with Crippen LogP contribution in [0.15, 0.2) is 0 Å². The van der Waals surface area contributed by atoms with Crippen LogP contribution in [-0.2, 0) is 0 Å². The van der Waals surface area contributed by atoms with Gasteiger partial charge in [0.25, 0.3) is 0 Å². The van der Waals surface area contributed by atoms with E-state index in [1.54, 1.807) is 0 Å². The van der Waals surface area contributed by atoms with Gasteiger partial charge in [-0.1, -0.05) is 0 Å². The van der Waals surface area contributed by atoms with Gasteiger partial charge in [0, 0.05) is 12.1 Å². The summed E-state index contributed by atoms with van der Waals surface area (Å²) in [5.74, 6) is 0. The summed E-state index contributed by atoms with van der Waals surface area (Å²) in [7, 11) is 6.34. The van der Waals surface area contributed by atoms with Crippen molar-refractivity contribution in [3.63, 3.8) is 0 Å². The highest BCUT2D eigenvalue weighted by molar-refractivity contribution is 4.96. The van der Waals surface area contributed by atoms with Crippen molar-refractivity contribution in [3.8, 4) is 0 Å². The molecule has 0 saturated heterocycles. The van der Waals surface area contributed by atoms with E-state index >= 15 is 0 Å². The molecule has 2 heteroatoms. The van der Waals surface area contributed by atoms with Crippen LogP contribution in [0, 0.1) is 0 Å². The Morgan fingerprint density at radius 1 is 1.40 bits per heavy atom. The van der Waals surface area contributed by atoms with E-state index in [2.05, 4.69) is 31.4 Å². The van der Waals surface area contributed by atoms with Crippen LogP contribution >= 0.6 is 0 Å². The van der Waals surface area contributed by atoms with E-state index < -0.39 is 0 Å². The van der Waals surface area contributed by atoms with Crippen LogP contribution in [0.5, 0.6) is 0 Å². The van der Waals surface area contributed by atoms with E-state index in [-0.39, 0.29) is 0 Å². The molecule has 60 valence electrons. The fraction of sp³-hybridized carbons (Fsp3) is 1.00. The van der Waals surface area contributed by atoms with Gasteiger partial charge in [-0.3, -0.25) is 0 Å². The Kier molecular flexibility index (Phi) is 2.32. The highest BCUT2D eigenvalue weighted by Gasteiger charge is 2.35. The van der Waals surface area contributed by atoms with Crippen molar-refractivity contribution in [2.75, 3.05) is 27.7 Å². The normalized spacial score (nSPS) is 22.8. The molecule has 0 aromatic heterocycles. The minimum atomic E-state index is 0.462. The Bertz CT molecular complexity index is 100. The highest BCUT2D eigenvalue weighted by Crippen LogP contribution is 2.31. The summed E-state index contributed by atoms with van der Waals surface area (Å²) < 4.78 is 0. The number of rotatable bonds is 3. The topological polar surface area (TPSA) is 15.3 Å². The summed E-state index contributed by atoms with van der Waals surface area (Å²) >= 11 is 0. The Labute approximate surface area is 63.6 Å². The van der Waals surface area contributed by atoms with Gasteiger partial charge in [-0.05, 0) is 40.4 Å². The van der Waals surface area contributed by atoms with Crippen molar-refractivity contribution >= 4 is 0 Å². The molecule has 0 aromatic rings. The number of nitrogens with one attached hydrogen (secondary N) is 1. The molecule has 1 rings (SSSR count). The zero-order chi connectivity index (χ0) is 7.61. The van der Waals surface area contributed by atoms with Crippen LogP contribution in [0.4, 0.5) is 0 Å². The van der Waals surface area contributed by atoms with Gasteiger partial charge in [0.05, 0.1) is 0 Å². The zero-order valence-electron chi connectivity index (χ0n) is 7.28. The first-order chi connectivity index (χ1) is 4.68. The van der Waals surface area contributed by atoms with Gasteiger partial charge >= 0.3 is 0 Å². The van der Waals surface area contributed by atoms with Crippen LogP contribution in [0.2, 0.25) is 0 Å². The molecule has 0 aromatic carbocycles. The summed E-state index contributed by atoms with van der Waals surface area (Å²) in [5.41, 5.74) is 0.462. The molecule has 10 heavy (non-hydrogen) atoms. The number of hydrogen-bond donors (Lipinski definition) is 1. The third-order valence-corrected chi connectivity index (χ3v) is 2.46. The van der Waals surface area contributed by atoms with Gasteiger partial charge in [-0.2, -0.15) is 0 Å². The van der Waals surface area contributed by atoms with Crippen molar-refractivity contribution in [3.05, 3.63) is 0 Å². The molecule has 0 amide bonds. The molecule has 0 bridgehead atoms. The summed E-state index contributed by atoms with van der Waals surface area (Å²) in [4.78, 5) is 2.26. The van der Waals surface area contributed by atoms with Gasteiger partial charge in [-0.25, -0.2) is 0 Å². The lowest BCUT2D eigenvalue weighted by Gasteiger charge is -2.43. The second-order valence-corrected chi connectivity index (χ2v) is 3.62. The molecule has 1 N–H and O–H groups in total. The Balaban J connectivity index is 2.33. The Morgan fingerprint density at radius 3 is 2.10 bits per heavy atom. The molecule has 0 aliphatic heterocycles. The number of likely N-dealkylation sites (N-methyl/N-ethyl adjacent to an activating group) is 2. The van der Waals surface area contributed by atoms with Gasteiger partial charge in [0.1, 0.15) is 0 Å². The maximum Gasteiger partial charge on any atom is 0.0305 e. The second-order valence-electron chi connectivity index (χ2n) is 3.62. The lowest BCUT2D eigenvalue weighted by atomic mass is 9.76. The molecule has 0 atom stereocenters. The average molecular weight is 142 g/mol. The maximum atomic E-state index is 3.40. The van der Waals surface area contributed by atoms with Crippen LogP contribution < -0.4 is 5.32 Å². The van der Waals surface area contributed by atoms with Crippen LogP contribution in [0.25, 0.3) is 0 Å². The first kappa shape index (κ1) is 8.02. The van der Waals surface area contributed by atoms with Crippen molar-refractivity contribution < 1.29 is 0 Å². The molecular weight excluding hydrogens is 124 g/mol. The predicted molar refractivity (Wildman–Crippen MR) is 44.2 cm³/mol. The fourth-order valence-corrected chi connectivity index (χ4v) is 1.70. The molecule has 1 aliphatic carbocycles. The molecule has 1 aliphatic rings. The van der Waals surface area contributed by atoms with E-state index in [0.29, 0.717) is 5.54 Å². The second kappa shape index (κ2) is 2.89. The zero-order valence-corrected chi connectivity index (χ0v) is 7.28. The highest BCUT2D eigenvalue weighted by atomic mass is 15.1. The first-order valence-electron chi connectivity index (χ1n) is 4.02. The smallest absolute Gasteiger partial charge is 0.0305 e. The molecular formula is C8H18N2. The van der Waals surface area contributed by atoms with Crippen LogP contribution in [0.1, 0.15) is 19.3 Å². The summed E-state index contributed by atoms with van der Waals surface area (Å²) in [5, 5.41) is 3.40. The van der Waals surface area contributed by atoms with E-state index in [1.807, 2.05) is 0 Å². The fourth-order valence-electron chi connectivity index (χ4n) is 1.70. The lowest BCUT2D eigenvalue weighted by molar-refractivity contribution is 0.146. The third kappa shape index (κ3) is 1.50. The van der Waals surface area contributed by atoms with Crippen molar-refractivity contribution in [2.24, 2.45) is 0 Å². The molecule has 1 fully saturated rings.